The monoisotopic (exact) mass is 566 g/mol. The van der Waals surface area contributed by atoms with E-state index in [-0.39, 0.29) is 0 Å². The van der Waals surface area contributed by atoms with Gasteiger partial charge in [0.25, 0.3) is 0 Å². The Morgan fingerprint density at radius 2 is 0.571 bits per heavy atom. The summed E-state index contributed by atoms with van der Waals surface area (Å²) in [5, 5.41) is -0.214. The van der Waals surface area contributed by atoms with Crippen LogP contribution in [0.4, 0.5) is 26.3 Å². The minimum atomic E-state index is -1.83. The van der Waals surface area contributed by atoms with Gasteiger partial charge in [-0.05, 0) is 24.3 Å². The zero-order chi connectivity index (χ0) is 28.9. The fraction of sp³-hybridized carbons (Fsp3) is 0. The smallest absolute Gasteiger partial charge is 0.186 e. The number of hydrogen-bond donors (Lipinski definition) is 0. The zero-order valence-electron chi connectivity index (χ0n) is 21.4. The van der Waals surface area contributed by atoms with E-state index in [0.29, 0.717) is 43.6 Å². The second kappa shape index (κ2) is 8.63. The highest BCUT2D eigenvalue weighted by Crippen LogP contribution is 2.42. The number of benzene rings is 6. The van der Waals surface area contributed by atoms with Crippen LogP contribution in [0.1, 0.15) is 0 Å². The lowest BCUT2D eigenvalue weighted by Crippen LogP contribution is -2.11. The van der Waals surface area contributed by atoms with E-state index in [1.807, 2.05) is 0 Å². The average molecular weight is 567 g/mol. The lowest BCUT2D eigenvalue weighted by atomic mass is 10.0. The summed E-state index contributed by atoms with van der Waals surface area (Å²) in [6, 6.07) is 26.6. The SMILES string of the molecule is Fc1c(-n2c3ccccc3c3ccccc32)c(F)c2c(F)c(F)c(-n3c4ccccc4c4ccccc43)c(F)c2c1F. The first-order valence-corrected chi connectivity index (χ1v) is 13.0. The molecule has 0 atom stereocenters. The lowest BCUT2D eigenvalue weighted by molar-refractivity contribution is 0.476. The van der Waals surface area contributed by atoms with Crippen molar-refractivity contribution in [1.82, 2.24) is 9.13 Å². The van der Waals surface area contributed by atoms with Gasteiger partial charge in [-0.15, -0.1) is 0 Å². The van der Waals surface area contributed by atoms with Crippen LogP contribution in [0.2, 0.25) is 0 Å². The summed E-state index contributed by atoms with van der Waals surface area (Å²) in [6.45, 7) is 0. The van der Waals surface area contributed by atoms with Gasteiger partial charge in [0, 0.05) is 21.5 Å². The Hall–Kier alpha value is -5.24. The van der Waals surface area contributed by atoms with Crippen molar-refractivity contribution >= 4 is 54.4 Å². The fourth-order valence-electron chi connectivity index (χ4n) is 6.21. The third-order valence-corrected chi connectivity index (χ3v) is 7.95. The third kappa shape index (κ3) is 3.01. The number of hydrogen-bond acceptors (Lipinski definition) is 0. The van der Waals surface area contributed by atoms with Crippen LogP contribution < -0.4 is 0 Å². The van der Waals surface area contributed by atoms with Gasteiger partial charge in [-0.25, -0.2) is 26.3 Å². The van der Waals surface area contributed by atoms with Crippen LogP contribution in [0.5, 0.6) is 0 Å². The number of para-hydroxylation sites is 4. The van der Waals surface area contributed by atoms with E-state index in [2.05, 4.69) is 0 Å². The summed E-state index contributed by atoms with van der Waals surface area (Å²) in [4.78, 5) is 0. The summed E-state index contributed by atoms with van der Waals surface area (Å²) in [7, 11) is 0. The molecule has 8 aromatic rings. The van der Waals surface area contributed by atoms with Crippen molar-refractivity contribution in [2.24, 2.45) is 0 Å². The largest absolute Gasteiger partial charge is 0.304 e. The molecular formula is C34H16F6N2. The summed E-state index contributed by atoms with van der Waals surface area (Å²) >= 11 is 0. The van der Waals surface area contributed by atoms with Gasteiger partial charge in [0.05, 0.1) is 32.8 Å². The molecule has 0 bridgehead atoms. The molecule has 0 unspecified atom stereocenters. The molecule has 2 aromatic heterocycles. The predicted molar refractivity (Wildman–Crippen MR) is 152 cm³/mol. The van der Waals surface area contributed by atoms with Crippen LogP contribution in [-0.2, 0) is 0 Å². The minimum absolute atomic E-state index is 0.304. The van der Waals surface area contributed by atoms with Crippen LogP contribution in [0.3, 0.4) is 0 Å². The summed E-state index contributed by atoms with van der Waals surface area (Å²) in [5.74, 6) is -10.4. The topological polar surface area (TPSA) is 9.86 Å². The highest BCUT2D eigenvalue weighted by Gasteiger charge is 2.33. The van der Waals surface area contributed by atoms with Crippen molar-refractivity contribution in [3.05, 3.63) is 132 Å². The van der Waals surface area contributed by atoms with E-state index in [1.165, 1.54) is 0 Å². The molecule has 0 N–H and O–H groups in total. The predicted octanol–water partition coefficient (Wildman–Crippen LogP) is 9.87. The van der Waals surface area contributed by atoms with Crippen LogP contribution in [0.25, 0.3) is 65.8 Å². The van der Waals surface area contributed by atoms with E-state index in [1.54, 1.807) is 97.1 Å². The molecule has 42 heavy (non-hydrogen) atoms. The van der Waals surface area contributed by atoms with E-state index in [0.717, 1.165) is 9.13 Å². The third-order valence-electron chi connectivity index (χ3n) is 7.95. The Morgan fingerprint density at radius 1 is 0.310 bits per heavy atom. The quantitative estimate of drug-likeness (QED) is 0.146. The van der Waals surface area contributed by atoms with Crippen LogP contribution >= 0.6 is 0 Å². The first-order chi connectivity index (χ1) is 20.4. The molecule has 0 saturated heterocycles. The molecule has 0 amide bonds. The fourth-order valence-corrected chi connectivity index (χ4v) is 6.21. The van der Waals surface area contributed by atoms with Crippen LogP contribution in [0, 0.1) is 34.9 Å². The minimum Gasteiger partial charge on any atom is -0.304 e. The maximum absolute atomic E-state index is 16.3. The molecule has 2 nitrogen and oxygen atoms in total. The van der Waals surface area contributed by atoms with E-state index >= 15 is 26.3 Å². The molecule has 0 fully saturated rings. The van der Waals surface area contributed by atoms with Crippen molar-refractivity contribution in [1.29, 1.82) is 0 Å². The van der Waals surface area contributed by atoms with Gasteiger partial charge in [0.15, 0.2) is 34.9 Å². The molecule has 8 heteroatoms. The van der Waals surface area contributed by atoms with Crippen LogP contribution in [0.15, 0.2) is 97.1 Å². The molecule has 6 aromatic carbocycles. The highest BCUT2D eigenvalue weighted by molar-refractivity contribution is 6.11. The first-order valence-electron chi connectivity index (χ1n) is 13.0. The molecule has 204 valence electrons. The van der Waals surface area contributed by atoms with Gasteiger partial charge in [-0.3, -0.25) is 0 Å². The van der Waals surface area contributed by atoms with Crippen molar-refractivity contribution in [2.75, 3.05) is 0 Å². The Bertz CT molecular complexity index is 2160. The summed E-state index contributed by atoms with van der Waals surface area (Å²) in [5.41, 5.74) is -0.728. The molecule has 0 aliphatic carbocycles. The molecular weight excluding hydrogens is 550 g/mol. The summed E-state index contributed by atoms with van der Waals surface area (Å²) in [6.07, 6.45) is 0. The van der Waals surface area contributed by atoms with Gasteiger partial charge in [0.1, 0.15) is 11.4 Å². The van der Waals surface area contributed by atoms with E-state index < -0.39 is 57.1 Å². The average Bonchev–Trinajstić information content (AvgIpc) is 3.52. The Labute approximate surface area is 233 Å². The Balaban J connectivity index is 1.53. The van der Waals surface area contributed by atoms with Gasteiger partial charge in [0.2, 0.25) is 0 Å². The normalized spacial score (nSPS) is 12.0. The Kier molecular flexibility index (Phi) is 5.04. The number of aromatic nitrogens is 2. The van der Waals surface area contributed by atoms with E-state index in [9.17, 15) is 0 Å². The highest BCUT2D eigenvalue weighted by atomic mass is 19.2. The lowest BCUT2D eigenvalue weighted by Gasteiger charge is -2.18. The van der Waals surface area contributed by atoms with Gasteiger partial charge >= 0.3 is 0 Å². The second-order valence-electron chi connectivity index (χ2n) is 10.1. The molecule has 8 rings (SSSR count). The molecule has 0 radical (unpaired) electrons. The molecule has 0 aliphatic heterocycles. The number of rotatable bonds is 2. The van der Waals surface area contributed by atoms with Crippen molar-refractivity contribution in [3.8, 4) is 11.4 Å². The summed E-state index contributed by atoms with van der Waals surface area (Å²) < 4.78 is 98.7. The maximum Gasteiger partial charge on any atom is 0.186 e. The second-order valence-corrected chi connectivity index (χ2v) is 10.1. The molecule has 0 aliphatic rings. The van der Waals surface area contributed by atoms with Gasteiger partial charge in [-0.2, -0.15) is 0 Å². The van der Waals surface area contributed by atoms with Crippen molar-refractivity contribution in [2.45, 2.75) is 0 Å². The maximum atomic E-state index is 16.3. The number of halogens is 6. The number of fused-ring (bicyclic) bond motifs is 7. The Morgan fingerprint density at radius 3 is 0.857 bits per heavy atom. The molecule has 0 spiro atoms. The van der Waals surface area contributed by atoms with Gasteiger partial charge in [-0.1, -0.05) is 72.8 Å². The molecule has 2 heterocycles. The first kappa shape index (κ1) is 24.5. The number of nitrogens with zero attached hydrogens (tertiary/aromatic N) is 2. The molecule has 0 saturated carbocycles. The zero-order valence-corrected chi connectivity index (χ0v) is 21.4. The standard InChI is InChI=1S/C34H16F6N2/c35-27-26-25(29(37)33(31(27)39)41-21-13-5-1-9-17(21)18-10-2-6-14-22(18)41)28(36)32(40)34(30(26)38)42-23-15-7-3-11-19(23)20-12-4-8-16-24(20)42/h1-16H. The van der Waals surface area contributed by atoms with E-state index in [4.69, 9.17) is 0 Å². The van der Waals surface area contributed by atoms with Gasteiger partial charge < -0.3 is 9.13 Å². The van der Waals surface area contributed by atoms with Crippen LogP contribution in [-0.4, -0.2) is 9.13 Å². The van der Waals surface area contributed by atoms with Crippen molar-refractivity contribution < 1.29 is 26.3 Å². The van der Waals surface area contributed by atoms with Crippen molar-refractivity contribution in [3.63, 3.8) is 0 Å².